The first kappa shape index (κ1) is 15.1. The SMILES string of the molecule is CCCNC(c1cncc(C)c1)c1c(F)cccc1Br. The third kappa shape index (κ3) is 3.44. The molecule has 0 aliphatic heterocycles. The Morgan fingerprint density at radius 1 is 1.35 bits per heavy atom. The van der Waals surface area contributed by atoms with Crippen molar-refractivity contribution < 1.29 is 4.39 Å². The average Bonchev–Trinajstić information content (AvgIpc) is 2.42. The Labute approximate surface area is 127 Å². The van der Waals surface area contributed by atoms with Gasteiger partial charge in [0.2, 0.25) is 0 Å². The van der Waals surface area contributed by atoms with E-state index < -0.39 is 0 Å². The minimum atomic E-state index is -0.213. The first-order valence-corrected chi connectivity index (χ1v) is 7.51. The van der Waals surface area contributed by atoms with E-state index in [1.807, 2.05) is 19.1 Å². The summed E-state index contributed by atoms with van der Waals surface area (Å²) in [4.78, 5) is 4.22. The zero-order valence-corrected chi connectivity index (χ0v) is 13.2. The second-order valence-corrected chi connectivity index (χ2v) is 5.67. The number of aryl methyl sites for hydroxylation is 1. The second kappa shape index (κ2) is 6.95. The minimum absolute atomic E-state index is 0.196. The summed E-state index contributed by atoms with van der Waals surface area (Å²) >= 11 is 3.46. The summed E-state index contributed by atoms with van der Waals surface area (Å²) in [5, 5.41) is 3.40. The van der Waals surface area contributed by atoms with Gasteiger partial charge in [-0.05, 0) is 43.1 Å². The lowest BCUT2D eigenvalue weighted by Crippen LogP contribution is -2.24. The highest BCUT2D eigenvalue weighted by molar-refractivity contribution is 9.10. The van der Waals surface area contributed by atoms with Crippen molar-refractivity contribution in [3.63, 3.8) is 0 Å². The van der Waals surface area contributed by atoms with Crippen molar-refractivity contribution in [1.82, 2.24) is 10.3 Å². The summed E-state index contributed by atoms with van der Waals surface area (Å²) in [6.45, 7) is 4.90. The van der Waals surface area contributed by atoms with Crippen molar-refractivity contribution in [1.29, 1.82) is 0 Å². The van der Waals surface area contributed by atoms with Crippen LogP contribution in [0.3, 0.4) is 0 Å². The van der Waals surface area contributed by atoms with Crippen LogP contribution in [0.25, 0.3) is 0 Å². The molecule has 1 unspecified atom stereocenters. The van der Waals surface area contributed by atoms with Gasteiger partial charge in [-0.2, -0.15) is 0 Å². The maximum atomic E-state index is 14.2. The maximum Gasteiger partial charge on any atom is 0.129 e. The number of halogens is 2. The Kier molecular flexibility index (Phi) is 5.26. The normalized spacial score (nSPS) is 12.4. The molecule has 0 radical (unpaired) electrons. The molecule has 0 spiro atoms. The molecular formula is C16H18BrFN2. The Balaban J connectivity index is 2.47. The number of pyridine rings is 1. The fraction of sp³-hybridized carbons (Fsp3) is 0.312. The van der Waals surface area contributed by atoms with Crippen molar-refractivity contribution in [2.24, 2.45) is 0 Å². The molecule has 1 N–H and O–H groups in total. The number of hydrogen-bond acceptors (Lipinski definition) is 2. The number of rotatable bonds is 5. The molecule has 0 amide bonds. The molecule has 20 heavy (non-hydrogen) atoms. The van der Waals surface area contributed by atoms with Crippen LogP contribution in [0, 0.1) is 12.7 Å². The van der Waals surface area contributed by atoms with Crippen molar-refractivity contribution in [2.75, 3.05) is 6.54 Å². The van der Waals surface area contributed by atoms with Gasteiger partial charge in [0.1, 0.15) is 5.82 Å². The van der Waals surface area contributed by atoms with E-state index in [-0.39, 0.29) is 11.9 Å². The topological polar surface area (TPSA) is 24.9 Å². The highest BCUT2D eigenvalue weighted by atomic mass is 79.9. The molecule has 1 atom stereocenters. The molecule has 1 aromatic carbocycles. The van der Waals surface area contributed by atoms with E-state index in [0.717, 1.165) is 28.6 Å². The molecule has 0 saturated carbocycles. The molecule has 0 fully saturated rings. The lowest BCUT2D eigenvalue weighted by atomic mass is 9.98. The molecular weight excluding hydrogens is 319 g/mol. The fourth-order valence-corrected chi connectivity index (χ4v) is 2.77. The molecule has 0 bridgehead atoms. The molecule has 2 nitrogen and oxygen atoms in total. The van der Waals surface area contributed by atoms with Gasteiger partial charge in [0.05, 0.1) is 6.04 Å². The predicted molar refractivity (Wildman–Crippen MR) is 83.2 cm³/mol. The Morgan fingerprint density at radius 2 is 2.15 bits per heavy atom. The van der Waals surface area contributed by atoms with Crippen molar-refractivity contribution in [3.05, 3.63) is 63.6 Å². The van der Waals surface area contributed by atoms with Crippen molar-refractivity contribution in [2.45, 2.75) is 26.3 Å². The molecule has 4 heteroatoms. The van der Waals surface area contributed by atoms with Gasteiger partial charge in [0.25, 0.3) is 0 Å². The summed E-state index contributed by atoms with van der Waals surface area (Å²) in [6, 6.07) is 6.90. The van der Waals surface area contributed by atoms with Gasteiger partial charge in [0.15, 0.2) is 0 Å². The number of nitrogens with one attached hydrogen (secondary N) is 1. The fourth-order valence-electron chi connectivity index (χ4n) is 2.20. The second-order valence-electron chi connectivity index (χ2n) is 4.82. The highest BCUT2D eigenvalue weighted by Crippen LogP contribution is 2.30. The molecule has 1 heterocycles. The molecule has 106 valence electrons. The summed E-state index contributed by atoms with van der Waals surface area (Å²) in [7, 11) is 0. The van der Waals surface area contributed by atoms with Crippen LogP contribution in [-0.4, -0.2) is 11.5 Å². The standard InChI is InChI=1S/C16H18BrFN2/c1-3-7-20-16(12-8-11(2)9-19-10-12)15-13(17)5-4-6-14(15)18/h4-6,8-10,16,20H,3,7H2,1-2H3. The van der Waals surface area contributed by atoms with Gasteiger partial charge in [0, 0.05) is 22.4 Å². The van der Waals surface area contributed by atoms with Crippen LogP contribution in [-0.2, 0) is 0 Å². The van der Waals surface area contributed by atoms with Gasteiger partial charge in [-0.1, -0.05) is 35.0 Å². The van der Waals surface area contributed by atoms with Crippen molar-refractivity contribution in [3.8, 4) is 0 Å². The van der Waals surface area contributed by atoms with E-state index in [9.17, 15) is 4.39 Å². The molecule has 2 rings (SSSR count). The third-order valence-electron chi connectivity index (χ3n) is 3.12. The van der Waals surface area contributed by atoms with Crippen LogP contribution in [0.15, 0.2) is 41.1 Å². The molecule has 1 aromatic heterocycles. The smallest absolute Gasteiger partial charge is 0.129 e. The minimum Gasteiger partial charge on any atom is -0.306 e. The molecule has 0 aliphatic carbocycles. The monoisotopic (exact) mass is 336 g/mol. The summed E-state index contributed by atoms with van der Waals surface area (Å²) in [6.07, 6.45) is 4.58. The van der Waals surface area contributed by atoms with Gasteiger partial charge < -0.3 is 5.32 Å². The highest BCUT2D eigenvalue weighted by Gasteiger charge is 2.20. The van der Waals surface area contributed by atoms with Gasteiger partial charge >= 0.3 is 0 Å². The Hall–Kier alpha value is -1.26. The quantitative estimate of drug-likeness (QED) is 0.876. The van der Waals surface area contributed by atoms with E-state index in [2.05, 4.69) is 33.2 Å². The Bertz CT molecular complexity index is 566. The summed E-state index contributed by atoms with van der Waals surface area (Å²) in [5.41, 5.74) is 2.68. The van der Waals surface area contributed by atoms with E-state index in [0.29, 0.717) is 5.56 Å². The van der Waals surface area contributed by atoms with Crippen LogP contribution in [0.5, 0.6) is 0 Å². The van der Waals surface area contributed by atoms with Gasteiger partial charge in [-0.15, -0.1) is 0 Å². The largest absolute Gasteiger partial charge is 0.306 e. The maximum absolute atomic E-state index is 14.2. The van der Waals surface area contributed by atoms with Crippen LogP contribution < -0.4 is 5.32 Å². The number of benzene rings is 1. The van der Waals surface area contributed by atoms with E-state index in [1.54, 1.807) is 18.5 Å². The number of hydrogen-bond donors (Lipinski definition) is 1. The molecule has 0 saturated heterocycles. The van der Waals surface area contributed by atoms with Crippen LogP contribution in [0.2, 0.25) is 0 Å². The zero-order valence-electron chi connectivity index (χ0n) is 11.7. The number of aromatic nitrogens is 1. The predicted octanol–water partition coefficient (Wildman–Crippen LogP) is 4.38. The lowest BCUT2D eigenvalue weighted by Gasteiger charge is -2.21. The zero-order chi connectivity index (χ0) is 14.5. The van der Waals surface area contributed by atoms with Crippen molar-refractivity contribution >= 4 is 15.9 Å². The Morgan fingerprint density at radius 3 is 2.80 bits per heavy atom. The first-order chi connectivity index (χ1) is 9.63. The van der Waals surface area contributed by atoms with Crippen LogP contribution in [0.1, 0.15) is 36.1 Å². The molecule has 0 aliphatic rings. The molecule has 2 aromatic rings. The lowest BCUT2D eigenvalue weighted by molar-refractivity contribution is 0.543. The third-order valence-corrected chi connectivity index (χ3v) is 3.81. The first-order valence-electron chi connectivity index (χ1n) is 6.72. The van der Waals surface area contributed by atoms with Crippen LogP contribution >= 0.6 is 15.9 Å². The summed E-state index contributed by atoms with van der Waals surface area (Å²) in [5.74, 6) is -0.213. The van der Waals surface area contributed by atoms with E-state index in [4.69, 9.17) is 0 Å². The van der Waals surface area contributed by atoms with E-state index in [1.165, 1.54) is 6.07 Å². The number of nitrogens with zero attached hydrogens (tertiary/aromatic N) is 1. The average molecular weight is 337 g/mol. The van der Waals surface area contributed by atoms with E-state index >= 15 is 0 Å². The van der Waals surface area contributed by atoms with Gasteiger partial charge in [-0.3, -0.25) is 4.98 Å². The summed E-state index contributed by atoms with van der Waals surface area (Å²) < 4.78 is 15.0. The van der Waals surface area contributed by atoms with Gasteiger partial charge in [-0.25, -0.2) is 4.39 Å². The van der Waals surface area contributed by atoms with Crippen LogP contribution in [0.4, 0.5) is 4.39 Å².